The van der Waals surface area contributed by atoms with Crippen molar-refractivity contribution in [2.24, 2.45) is 0 Å². The smallest absolute Gasteiger partial charge is 0.115 e. The van der Waals surface area contributed by atoms with Crippen LogP contribution >= 0.6 is 56.7 Å². The monoisotopic (exact) mass is 754 g/mol. The second-order valence-corrected chi connectivity index (χ2v) is 40.6. The lowest BCUT2D eigenvalue weighted by molar-refractivity contribution is 0.631. The summed E-state index contributed by atoms with van der Waals surface area (Å²) in [6.45, 7) is 23.0. The van der Waals surface area contributed by atoms with Gasteiger partial charge in [0, 0.05) is 61.9 Å². The lowest BCUT2D eigenvalue weighted by Gasteiger charge is -2.38. The Kier molecular flexibility index (Phi) is 8.76. The van der Waals surface area contributed by atoms with Gasteiger partial charge >= 0.3 is 0 Å². The van der Waals surface area contributed by atoms with Crippen LogP contribution in [0.15, 0.2) is 60.7 Å². The standard InChI is InChI=1S/C34H46N2S5Si4/c1-42(2)19-20-43(3,4)35(42)23-25-9-11-27(37-25)29-13-15-31(39-29)33-17-18-34(41-33)32-16-14-30(40-32)28-12-10-26(38-28)24-36-44(5,6)21-22-45(36,7)8/h9-18H,19-24H2,1-8H3. The van der Waals surface area contributed by atoms with Gasteiger partial charge in [-0.1, -0.05) is 52.4 Å². The predicted octanol–water partition coefficient (Wildman–Crippen LogP) is 13.1. The Balaban J connectivity index is 1.03. The van der Waals surface area contributed by atoms with E-state index < -0.39 is 32.9 Å². The molecule has 238 valence electrons. The molecule has 0 radical (unpaired) electrons. The van der Waals surface area contributed by atoms with Gasteiger partial charge in [0.2, 0.25) is 0 Å². The Morgan fingerprint density at radius 1 is 0.378 bits per heavy atom. The molecule has 5 aromatic rings. The minimum Gasteiger partial charge on any atom is -0.341 e. The van der Waals surface area contributed by atoms with E-state index in [0.717, 1.165) is 0 Å². The van der Waals surface area contributed by atoms with E-state index in [4.69, 9.17) is 0 Å². The van der Waals surface area contributed by atoms with Gasteiger partial charge in [-0.3, -0.25) is 0 Å². The first kappa shape index (κ1) is 32.8. The maximum Gasteiger partial charge on any atom is 0.115 e. The van der Waals surface area contributed by atoms with Crippen LogP contribution in [0.4, 0.5) is 0 Å². The van der Waals surface area contributed by atoms with Crippen molar-refractivity contribution in [3.8, 4) is 39.0 Å². The third-order valence-electron chi connectivity index (χ3n) is 10.4. The van der Waals surface area contributed by atoms with E-state index in [0.29, 0.717) is 0 Å². The molecular weight excluding hydrogens is 709 g/mol. The van der Waals surface area contributed by atoms with Crippen molar-refractivity contribution in [1.29, 1.82) is 0 Å². The molecule has 2 aliphatic rings. The van der Waals surface area contributed by atoms with Crippen molar-refractivity contribution in [3.05, 3.63) is 70.4 Å². The molecule has 0 aromatic carbocycles. The van der Waals surface area contributed by atoms with E-state index in [2.05, 4.69) is 122 Å². The van der Waals surface area contributed by atoms with E-state index in [9.17, 15) is 0 Å². The second kappa shape index (κ2) is 12.0. The van der Waals surface area contributed by atoms with Gasteiger partial charge in [-0.05, 0) is 84.8 Å². The molecule has 2 saturated heterocycles. The molecule has 0 saturated carbocycles. The molecule has 2 fully saturated rings. The van der Waals surface area contributed by atoms with Crippen LogP contribution in [-0.4, -0.2) is 41.4 Å². The van der Waals surface area contributed by atoms with Gasteiger partial charge in [-0.25, -0.2) is 0 Å². The van der Waals surface area contributed by atoms with Gasteiger partial charge in [0.1, 0.15) is 32.9 Å². The number of thiophene rings is 5. The first-order valence-corrected chi connectivity index (χ1v) is 32.9. The fraction of sp³-hybridized carbons (Fsp3) is 0.412. The molecule has 0 amide bonds. The maximum atomic E-state index is 2.99. The summed E-state index contributed by atoms with van der Waals surface area (Å²) in [6.07, 6.45) is 0. The molecular formula is C34H46N2S5Si4. The number of hydrogen-bond acceptors (Lipinski definition) is 7. The van der Waals surface area contributed by atoms with Crippen molar-refractivity contribution in [2.75, 3.05) is 0 Å². The first-order chi connectivity index (χ1) is 21.2. The topological polar surface area (TPSA) is 6.48 Å². The SMILES string of the molecule is C[Si]1(C)CC[Si](C)(C)N1Cc1ccc(-c2ccc(-c3ccc(-c4ccc(-c5ccc(CN6[Si](C)(C)CC[Si]6(C)C)s5)s4)s3)s2)s1. The quantitative estimate of drug-likeness (QED) is 0.146. The van der Waals surface area contributed by atoms with Crippen LogP contribution in [0.5, 0.6) is 0 Å². The lowest BCUT2D eigenvalue weighted by atomic mass is 10.3. The third-order valence-corrected chi connectivity index (χ3v) is 37.2. The lowest BCUT2D eigenvalue weighted by Crippen LogP contribution is -2.53. The molecule has 0 unspecified atom stereocenters. The van der Waals surface area contributed by atoms with E-state index in [-0.39, 0.29) is 0 Å². The summed E-state index contributed by atoms with van der Waals surface area (Å²) in [6, 6.07) is 29.5. The number of rotatable bonds is 8. The molecule has 0 bridgehead atoms. The summed E-state index contributed by atoms with van der Waals surface area (Å²) in [5, 5.41) is 0. The van der Waals surface area contributed by atoms with Gasteiger partial charge in [0.25, 0.3) is 0 Å². The first-order valence-electron chi connectivity index (χ1n) is 16.2. The van der Waals surface area contributed by atoms with E-state index in [1.807, 2.05) is 56.7 Å². The highest BCUT2D eigenvalue weighted by atomic mass is 32.1. The summed E-state index contributed by atoms with van der Waals surface area (Å²) in [7, 11) is -5.00. The zero-order valence-corrected chi connectivity index (χ0v) is 36.0. The van der Waals surface area contributed by atoms with Crippen LogP contribution in [-0.2, 0) is 13.1 Å². The molecule has 11 heteroatoms. The second-order valence-electron chi connectivity index (χ2n) is 15.4. The van der Waals surface area contributed by atoms with Gasteiger partial charge in [-0.15, -0.1) is 56.7 Å². The van der Waals surface area contributed by atoms with Crippen LogP contribution in [0.25, 0.3) is 39.0 Å². The van der Waals surface area contributed by atoms with Crippen molar-refractivity contribution in [2.45, 2.75) is 89.6 Å². The van der Waals surface area contributed by atoms with Crippen LogP contribution in [0.1, 0.15) is 9.75 Å². The molecule has 7 rings (SSSR count). The Hall–Kier alpha value is -0.712. The number of nitrogens with zero attached hydrogens (tertiary/aromatic N) is 2. The Morgan fingerprint density at radius 3 is 0.867 bits per heavy atom. The maximum absolute atomic E-state index is 2.99. The van der Waals surface area contributed by atoms with Crippen molar-refractivity contribution in [1.82, 2.24) is 8.46 Å². The van der Waals surface area contributed by atoms with E-state index in [1.54, 1.807) is 9.75 Å². The van der Waals surface area contributed by atoms with Crippen molar-refractivity contribution < 1.29 is 0 Å². The molecule has 0 spiro atoms. The minimum absolute atomic E-state index is 1.17. The van der Waals surface area contributed by atoms with Crippen LogP contribution < -0.4 is 0 Å². The highest BCUT2D eigenvalue weighted by molar-refractivity contribution is 7.29. The van der Waals surface area contributed by atoms with E-state index >= 15 is 0 Å². The molecule has 2 aliphatic heterocycles. The van der Waals surface area contributed by atoms with Gasteiger partial charge in [-0.2, -0.15) is 0 Å². The average molecular weight is 755 g/mol. The Labute approximate surface area is 294 Å². The number of hydrogen-bond donors (Lipinski definition) is 0. The Morgan fingerprint density at radius 2 is 0.600 bits per heavy atom. The minimum atomic E-state index is -1.25. The molecule has 0 aliphatic carbocycles. The normalized spacial score (nSPS) is 20.8. The van der Waals surface area contributed by atoms with Gasteiger partial charge in [0.15, 0.2) is 0 Å². The third kappa shape index (κ3) is 6.53. The molecule has 45 heavy (non-hydrogen) atoms. The van der Waals surface area contributed by atoms with Crippen LogP contribution in [0, 0.1) is 0 Å². The fourth-order valence-electron chi connectivity index (χ4n) is 7.57. The largest absolute Gasteiger partial charge is 0.341 e. The summed E-state index contributed by atoms with van der Waals surface area (Å²) in [5.41, 5.74) is 0. The summed E-state index contributed by atoms with van der Waals surface area (Å²) in [4.78, 5) is 14.3. The molecule has 2 nitrogen and oxygen atoms in total. The fourth-order valence-corrected chi connectivity index (χ4v) is 41.1. The summed E-state index contributed by atoms with van der Waals surface area (Å²) >= 11 is 9.88. The van der Waals surface area contributed by atoms with Crippen LogP contribution in [0.3, 0.4) is 0 Å². The molecule has 7 heterocycles. The molecule has 0 atom stereocenters. The van der Waals surface area contributed by atoms with Gasteiger partial charge < -0.3 is 8.46 Å². The van der Waals surface area contributed by atoms with Crippen molar-refractivity contribution in [3.63, 3.8) is 0 Å². The summed E-state index contributed by atoms with van der Waals surface area (Å²) < 4.78 is 5.99. The summed E-state index contributed by atoms with van der Waals surface area (Å²) in [5.74, 6) is 0. The van der Waals surface area contributed by atoms with Gasteiger partial charge in [0.05, 0.1) is 0 Å². The van der Waals surface area contributed by atoms with E-state index in [1.165, 1.54) is 76.3 Å². The Bertz CT molecular complexity index is 1660. The zero-order valence-electron chi connectivity index (χ0n) is 28.0. The highest BCUT2D eigenvalue weighted by Crippen LogP contribution is 2.46. The molecule has 0 N–H and O–H groups in total. The highest BCUT2D eigenvalue weighted by Gasteiger charge is 2.48. The zero-order chi connectivity index (χ0) is 31.8. The van der Waals surface area contributed by atoms with Crippen molar-refractivity contribution >= 4 is 89.6 Å². The predicted molar refractivity (Wildman–Crippen MR) is 218 cm³/mol. The average Bonchev–Trinajstić information content (AvgIpc) is 3.81. The molecule has 5 aromatic heterocycles. The van der Waals surface area contributed by atoms with Crippen LogP contribution in [0.2, 0.25) is 76.6 Å².